The smallest absolute Gasteiger partial charge is 0.242 e. The van der Waals surface area contributed by atoms with Crippen molar-refractivity contribution in [3.8, 4) is 6.07 Å². The van der Waals surface area contributed by atoms with Crippen LogP contribution >= 0.6 is 0 Å². The van der Waals surface area contributed by atoms with Crippen molar-refractivity contribution in [1.29, 1.82) is 5.26 Å². The van der Waals surface area contributed by atoms with Crippen LogP contribution in [-0.4, -0.2) is 31.9 Å². The first-order valence-corrected chi connectivity index (χ1v) is 12.0. The molecule has 2 rings (SSSR count). The second-order valence-electron chi connectivity index (χ2n) is 7.74. The molecule has 0 radical (unpaired) electrons. The van der Waals surface area contributed by atoms with Gasteiger partial charge in [0.15, 0.2) is 5.78 Å². The molecule has 0 bridgehead atoms. The summed E-state index contributed by atoms with van der Waals surface area (Å²) in [6.45, 7) is 2.92. The van der Waals surface area contributed by atoms with Crippen LogP contribution in [0, 0.1) is 11.3 Å². The Balaban J connectivity index is 2.18. The summed E-state index contributed by atoms with van der Waals surface area (Å²) in [5.74, 6) is -0.634. The molecule has 2 N–H and O–H groups in total. The number of rotatable bonds is 12. The second kappa shape index (κ2) is 12.0. The number of Topliss-reactive ketones (excluding diaryl/α,β-unsaturated/α-hetero) is 2. The lowest BCUT2D eigenvalue weighted by Crippen LogP contribution is -2.43. The number of hydrogen-bond acceptors (Lipinski definition) is 6. The zero-order valence-electron chi connectivity index (χ0n) is 18.6. The van der Waals surface area contributed by atoms with Gasteiger partial charge in [-0.05, 0) is 63.1 Å². The van der Waals surface area contributed by atoms with E-state index in [9.17, 15) is 22.8 Å². The molecule has 0 aliphatic rings. The van der Waals surface area contributed by atoms with Gasteiger partial charge in [0.1, 0.15) is 11.8 Å². The molecule has 0 aliphatic carbocycles. The number of carbonyl (C=O) groups excluding carboxylic acids is 3. The van der Waals surface area contributed by atoms with Crippen LogP contribution in [0.4, 0.5) is 5.69 Å². The average Bonchev–Trinajstić information content (AvgIpc) is 2.78. The number of ketones is 2. The van der Waals surface area contributed by atoms with E-state index in [1.54, 1.807) is 18.2 Å². The number of nitriles is 1. The predicted molar refractivity (Wildman–Crippen MR) is 124 cm³/mol. The molecule has 0 spiro atoms. The molecular formula is C24H27N3O5S. The zero-order chi connectivity index (χ0) is 24.4. The third-order valence-electron chi connectivity index (χ3n) is 4.97. The molecule has 1 atom stereocenters. The van der Waals surface area contributed by atoms with Crippen LogP contribution in [0.25, 0.3) is 0 Å². The minimum atomic E-state index is -4.03. The van der Waals surface area contributed by atoms with E-state index >= 15 is 0 Å². The van der Waals surface area contributed by atoms with E-state index < -0.39 is 22.0 Å². The summed E-state index contributed by atoms with van der Waals surface area (Å²) in [7, 11) is -4.03. The minimum Gasteiger partial charge on any atom is -0.325 e. The van der Waals surface area contributed by atoms with Crippen LogP contribution in [-0.2, 0) is 19.6 Å². The van der Waals surface area contributed by atoms with E-state index in [4.69, 9.17) is 5.26 Å². The SMILES string of the molecule is CC(=O)CCCCCC(NS(=O)(=O)c1ccc(C#N)cc1)C(=O)Nc1cccc(C(C)=O)c1. The molecule has 2 aromatic carbocycles. The maximum atomic E-state index is 13.0. The monoisotopic (exact) mass is 469 g/mol. The van der Waals surface area contributed by atoms with Gasteiger partial charge in [-0.1, -0.05) is 25.0 Å². The van der Waals surface area contributed by atoms with Crippen LogP contribution in [0.3, 0.4) is 0 Å². The quantitative estimate of drug-likeness (QED) is 0.360. The molecule has 33 heavy (non-hydrogen) atoms. The first-order valence-electron chi connectivity index (χ1n) is 10.6. The topological polar surface area (TPSA) is 133 Å². The number of anilines is 1. The highest BCUT2D eigenvalue weighted by molar-refractivity contribution is 7.89. The highest BCUT2D eigenvalue weighted by Crippen LogP contribution is 2.16. The molecular weight excluding hydrogens is 442 g/mol. The van der Waals surface area contributed by atoms with Crippen molar-refractivity contribution in [3.05, 3.63) is 59.7 Å². The molecule has 1 amide bonds. The van der Waals surface area contributed by atoms with E-state index in [0.717, 1.165) is 0 Å². The maximum Gasteiger partial charge on any atom is 0.242 e. The van der Waals surface area contributed by atoms with Crippen molar-refractivity contribution in [3.63, 3.8) is 0 Å². The Kier molecular flexibility index (Phi) is 9.45. The van der Waals surface area contributed by atoms with E-state index in [1.807, 2.05) is 6.07 Å². The molecule has 0 heterocycles. The summed E-state index contributed by atoms with van der Waals surface area (Å²) in [5.41, 5.74) is 1.12. The molecule has 0 fully saturated rings. The molecule has 1 unspecified atom stereocenters. The Hall–Kier alpha value is -3.35. The molecule has 0 saturated heterocycles. The number of sulfonamides is 1. The maximum absolute atomic E-state index is 13.0. The van der Waals surface area contributed by atoms with Gasteiger partial charge in [0, 0.05) is 17.7 Å². The third kappa shape index (κ3) is 8.25. The lowest BCUT2D eigenvalue weighted by atomic mass is 10.1. The standard InChI is InChI=1S/C24H27N3O5S/c1-17(28)7-4-3-5-10-23(24(30)26-21-9-6-8-20(15-21)18(2)29)27-33(31,32)22-13-11-19(16-25)12-14-22/h6,8-9,11-15,23,27H,3-5,7,10H2,1-2H3,(H,26,30). The Bertz CT molecular complexity index is 1150. The molecule has 174 valence electrons. The first-order chi connectivity index (χ1) is 15.6. The van der Waals surface area contributed by atoms with Gasteiger partial charge in [0.2, 0.25) is 15.9 Å². The number of nitrogens with one attached hydrogen (secondary N) is 2. The highest BCUT2D eigenvalue weighted by Gasteiger charge is 2.26. The molecule has 8 nitrogen and oxygen atoms in total. The van der Waals surface area contributed by atoms with E-state index in [0.29, 0.717) is 42.5 Å². The average molecular weight is 470 g/mol. The van der Waals surface area contributed by atoms with Gasteiger partial charge in [-0.25, -0.2) is 8.42 Å². The summed E-state index contributed by atoms with van der Waals surface area (Å²) in [6, 6.07) is 12.6. The lowest BCUT2D eigenvalue weighted by molar-refractivity contribution is -0.118. The molecule has 9 heteroatoms. The molecule has 2 aromatic rings. The molecule has 0 saturated carbocycles. The fraction of sp³-hybridized carbons (Fsp3) is 0.333. The number of benzene rings is 2. The number of carbonyl (C=O) groups is 3. The Morgan fingerprint density at radius 1 is 1.00 bits per heavy atom. The van der Waals surface area contributed by atoms with E-state index in [1.165, 1.54) is 44.2 Å². The van der Waals surface area contributed by atoms with Crippen molar-refractivity contribution >= 4 is 33.2 Å². The van der Waals surface area contributed by atoms with Crippen LogP contribution in [0.5, 0.6) is 0 Å². The fourth-order valence-electron chi connectivity index (χ4n) is 3.15. The van der Waals surface area contributed by atoms with Gasteiger partial charge < -0.3 is 10.1 Å². The summed E-state index contributed by atoms with van der Waals surface area (Å²) < 4.78 is 28.2. The molecule has 0 aliphatic heterocycles. The van der Waals surface area contributed by atoms with Crippen LogP contribution < -0.4 is 10.0 Å². The normalized spacial score (nSPS) is 11.9. The number of nitrogens with zero attached hydrogens (tertiary/aromatic N) is 1. The number of hydrogen-bond donors (Lipinski definition) is 2. The Morgan fingerprint density at radius 2 is 1.70 bits per heavy atom. The first kappa shape index (κ1) is 25.9. The Labute approximate surface area is 194 Å². The second-order valence-corrected chi connectivity index (χ2v) is 9.45. The molecule has 0 aromatic heterocycles. The van der Waals surface area contributed by atoms with Gasteiger partial charge in [0.25, 0.3) is 0 Å². The van der Waals surface area contributed by atoms with E-state index in [-0.39, 0.29) is 22.9 Å². The zero-order valence-corrected chi connectivity index (χ0v) is 19.4. The third-order valence-corrected chi connectivity index (χ3v) is 6.45. The van der Waals surface area contributed by atoms with Gasteiger partial charge >= 0.3 is 0 Å². The summed E-state index contributed by atoms with van der Waals surface area (Å²) in [5, 5.41) is 11.6. The van der Waals surface area contributed by atoms with Crippen LogP contribution in [0.2, 0.25) is 0 Å². The van der Waals surface area contributed by atoms with Crippen molar-refractivity contribution < 1.29 is 22.8 Å². The number of unbranched alkanes of at least 4 members (excludes halogenated alkanes) is 2. The van der Waals surface area contributed by atoms with Crippen molar-refractivity contribution in [2.24, 2.45) is 0 Å². The van der Waals surface area contributed by atoms with Crippen molar-refractivity contribution in [2.45, 2.75) is 56.9 Å². The lowest BCUT2D eigenvalue weighted by Gasteiger charge is -2.19. The summed E-state index contributed by atoms with van der Waals surface area (Å²) in [6.07, 6.45) is 2.53. The van der Waals surface area contributed by atoms with Gasteiger partial charge in [0.05, 0.1) is 16.5 Å². The number of amides is 1. The Morgan fingerprint density at radius 3 is 2.30 bits per heavy atom. The van der Waals surface area contributed by atoms with Crippen LogP contribution in [0.1, 0.15) is 61.9 Å². The van der Waals surface area contributed by atoms with E-state index in [2.05, 4.69) is 10.0 Å². The van der Waals surface area contributed by atoms with Gasteiger partial charge in [-0.3, -0.25) is 9.59 Å². The predicted octanol–water partition coefficient (Wildman–Crippen LogP) is 3.59. The van der Waals surface area contributed by atoms with Gasteiger partial charge in [-0.15, -0.1) is 0 Å². The fourth-order valence-corrected chi connectivity index (χ4v) is 4.38. The van der Waals surface area contributed by atoms with Crippen LogP contribution in [0.15, 0.2) is 53.4 Å². The minimum absolute atomic E-state index is 0.0607. The summed E-state index contributed by atoms with van der Waals surface area (Å²) in [4.78, 5) is 35.6. The highest BCUT2D eigenvalue weighted by atomic mass is 32.2. The van der Waals surface area contributed by atoms with Crippen molar-refractivity contribution in [1.82, 2.24) is 4.72 Å². The van der Waals surface area contributed by atoms with Crippen molar-refractivity contribution in [2.75, 3.05) is 5.32 Å². The van der Waals surface area contributed by atoms with Gasteiger partial charge in [-0.2, -0.15) is 9.98 Å². The largest absolute Gasteiger partial charge is 0.325 e. The summed E-state index contributed by atoms with van der Waals surface area (Å²) >= 11 is 0.